The van der Waals surface area contributed by atoms with Crippen LogP contribution in [0.25, 0.3) is 0 Å². The largest absolute Gasteiger partial charge is 0.454 e. The van der Waals surface area contributed by atoms with E-state index in [2.05, 4.69) is 20.4 Å². The van der Waals surface area contributed by atoms with Gasteiger partial charge in [-0.3, -0.25) is 14.4 Å². The van der Waals surface area contributed by atoms with Crippen molar-refractivity contribution in [2.45, 2.75) is 88.2 Å². The van der Waals surface area contributed by atoms with Crippen molar-refractivity contribution in [2.75, 3.05) is 13.5 Å². The summed E-state index contributed by atoms with van der Waals surface area (Å²) in [4.78, 5) is 40.0. The van der Waals surface area contributed by atoms with Crippen molar-refractivity contribution < 1.29 is 19.1 Å². The highest BCUT2D eigenvalue weighted by Gasteiger charge is 2.44. The van der Waals surface area contributed by atoms with Gasteiger partial charge in [-0.15, -0.1) is 0 Å². The number of amides is 1. The molecule has 0 bridgehead atoms. The first kappa shape index (κ1) is 29.2. The van der Waals surface area contributed by atoms with Crippen LogP contribution < -0.4 is 0 Å². The lowest BCUT2D eigenvalue weighted by Crippen LogP contribution is -2.45. The standard InChI is InChI=1S/C25H42BNO4/c1-16(2)23(7,8)17(3)18(4)25(11,12)31-21(30)24(9,10)19(28)14-22(5,6)20(29)27(13)15-26/h1,14-15H2,2-13H3/b18-17-. The van der Waals surface area contributed by atoms with E-state index in [4.69, 9.17) is 12.6 Å². The van der Waals surface area contributed by atoms with Crippen LogP contribution in [0, 0.1) is 16.2 Å². The van der Waals surface area contributed by atoms with Gasteiger partial charge >= 0.3 is 5.97 Å². The summed E-state index contributed by atoms with van der Waals surface area (Å²) in [7, 11) is 7.13. The van der Waals surface area contributed by atoms with Crippen LogP contribution in [0.4, 0.5) is 0 Å². The van der Waals surface area contributed by atoms with Crippen LogP contribution in [0.2, 0.25) is 0 Å². The lowest BCUT2D eigenvalue weighted by molar-refractivity contribution is -0.168. The van der Waals surface area contributed by atoms with Gasteiger partial charge in [-0.25, -0.2) is 0 Å². The Morgan fingerprint density at radius 3 is 1.71 bits per heavy atom. The topological polar surface area (TPSA) is 63.7 Å². The molecule has 5 nitrogen and oxygen atoms in total. The van der Waals surface area contributed by atoms with Crippen LogP contribution in [-0.2, 0) is 19.1 Å². The molecule has 0 heterocycles. The summed E-state index contributed by atoms with van der Waals surface area (Å²) >= 11 is 0. The van der Waals surface area contributed by atoms with Gasteiger partial charge in [0.25, 0.3) is 0 Å². The van der Waals surface area contributed by atoms with Crippen LogP contribution >= 0.6 is 0 Å². The number of esters is 1. The minimum atomic E-state index is -1.39. The molecule has 0 aliphatic heterocycles. The molecule has 0 aliphatic carbocycles. The second kappa shape index (κ2) is 9.75. The van der Waals surface area contributed by atoms with E-state index in [0.717, 1.165) is 16.7 Å². The molecule has 0 saturated heterocycles. The zero-order valence-corrected chi connectivity index (χ0v) is 21.8. The summed E-state index contributed by atoms with van der Waals surface area (Å²) in [5.41, 5.74) is -0.536. The molecule has 0 saturated carbocycles. The van der Waals surface area contributed by atoms with Crippen molar-refractivity contribution in [3.8, 4) is 0 Å². The Morgan fingerprint density at radius 1 is 0.871 bits per heavy atom. The van der Waals surface area contributed by atoms with Crippen LogP contribution in [-0.4, -0.2) is 49.5 Å². The number of rotatable bonds is 10. The quantitative estimate of drug-likeness (QED) is 0.215. The fraction of sp³-hybridized carbons (Fsp3) is 0.720. The molecule has 0 aliphatic rings. The normalized spacial score (nSPS) is 13.9. The number of hydrogen-bond donors (Lipinski definition) is 0. The molecule has 0 N–H and O–H groups in total. The second-order valence-electron chi connectivity index (χ2n) is 10.8. The Bertz CT molecular complexity index is 772. The number of carbonyl (C=O) groups is 3. The Kier molecular flexibility index (Phi) is 9.17. The van der Waals surface area contributed by atoms with E-state index in [1.807, 2.05) is 34.6 Å². The number of Topliss-reactive ketones (excluding diaryl/α,β-unsaturated/α-hetero) is 1. The van der Waals surface area contributed by atoms with Gasteiger partial charge in [0.15, 0.2) is 5.78 Å². The van der Waals surface area contributed by atoms with Crippen molar-refractivity contribution in [3.05, 3.63) is 23.3 Å². The van der Waals surface area contributed by atoms with Crippen LogP contribution in [0.5, 0.6) is 0 Å². The third-order valence-corrected chi connectivity index (χ3v) is 6.83. The molecular weight excluding hydrogens is 389 g/mol. The molecule has 0 aromatic heterocycles. The molecule has 0 atom stereocenters. The molecule has 0 fully saturated rings. The molecule has 0 unspecified atom stereocenters. The Balaban J connectivity index is 5.73. The van der Waals surface area contributed by atoms with Gasteiger partial charge in [0.2, 0.25) is 5.91 Å². The number of ketones is 1. The molecule has 0 aromatic carbocycles. The summed E-state index contributed by atoms with van der Waals surface area (Å²) in [6.07, 6.45) is -0.0309. The maximum absolute atomic E-state index is 13.1. The average Bonchev–Trinajstić information content (AvgIpc) is 2.64. The zero-order chi connectivity index (χ0) is 25.2. The van der Waals surface area contributed by atoms with Gasteiger partial charge in [0, 0.05) is 18.9 Å². The minimum Gasteiger partial charge on any atom is -0.454 e. The van der Waals surface area contributed by atoms with Crippen molar-refractivity contribution in [1.29, 1.82) is 0 Å². The van der Waals surface area contributed by atoms with Gasteiger partial charge in [-0.1, -0.05) is 45.4 Å². The van der Waals surface area contributed by atoms with Gasteiger partial charge in [-0.2, -0.15) is 0 Å². The second-order valence-corrected chi connectivity index (χ2v) is 10.8. The molecule has 31 heavy (non-hydrogen) atoms. The molecule has 174 valence electrons. The predicted octanol–water partition coefficient (Wildman–Crippen LogP) is 4.84. The van der Waals surface area contributed by atoms with E-state index in [1.54, 1.807) is 34.7 Å². The van der Waals surface area contributed by atoms with E-state index < -0.39 is 22.4 Å². The Morgan fingerprint density at radius 2 is 1.32 bits per heavy atom. The van der Waals surface area contributed by atoms with Crippen LogP contribution in [0.3, 0.4) is 0 Å². The highest BCUT2D eigenvalue weighted by molar-refractivity contribution is 6.10. The van der Waals surface area contributed by atoms with Crippen molar-refractivity contribution >= 4 is 25.5 Å². The fourth-order valence-electron chi connectivity index (χ4n) is 3.09. The summed E-state index contributed by atoms with van der Waals surface area (Å²) in [5.74, 6) is -1.21. The maximum atomic E-state index is 13.1. The summed E-state index contributed by atoms with van der Waals surface area (Å²) in [5, 5.41) is 0. The smallest absolute Gasteiger partial charge is 0.319 e. The fourth-order valence-corrected chi connectivity index (χ4v) is 3.09. The Hall–Kier alpha value is -1.85. The monoisotopic (exact) mass is 431 g/mol. The zero-order valence-electron chi connectivity index (χ0n) is 21.8. The minimum absolute atomic E-state index is 0.0571. The summed E-state index contributed by atoms with van der Waals surface area (Å²) < 4.78 is 5.86. The lowest BCUT2D eigenvalue weighted by atomic mass is 9.74. The van der Waals surface area contributed by atoms with E-state index in [0.29, 0.717) is 0 Å². The molecule has 1 amide bonds. The van der Waals surface area contributed by atoms with E-state index in [-0.39, 0.29) is 30.0 Å². The molecule has 0 aromatic rings. The highest BCUT2D eigenvalue weighted by Crippen LogP contribution is 2.39. The number of nitrogens with zero attached hydrogens (tertiary/aromatic N) is 1. The summed E-state index contributed by atoms with van der Waals surface area (Å²) in [6, 6.07) is 0. The number of allylic oxidation sites excluding steroid dienone is 2. The van der Waals surface area contributed by atoms with E-state index in [9.17, 15) is 14.4 Å². The van der Waals surface area contributed by atoms with Crippen molar-refractivity contribution in [3.63, 3.8) is 0 Å². The first-order valence-corrected chi connectivity index (χ1v) is 10.7. The molecule has 0 spiro atoms. The van der Waals surface area contributed by atoms with Crippen LogP contribution in [0.1, 0.15) is 82.6 Å². The van der Waals surface area contributed by atoms with Crippen LogP contribution in [0.15, 0.2) is 23.3 Å². The van der Waals surface area contributed by atoms with E-state index in [1.165, 1.54) is 4.90 Å². The maximum Gasteiger partial charge on any atom is 0.319 e. The first-order valence-electron chi connectivity index (χ1n) is 10.7. The molecule has 6 heteroatoms. The SMILES string of the molecule is [B]CN(C)C(=O)C(C)(C)CC(=O)C(C)(C)C(=O)OC(C)(C)/C(C)=C(/C)C(C)(C)C(=C)C. The van der Waals surface area contributed by atoms with Gasteiger partial charge in [-0.05, 0) is 60.5 Å². The van der Waals surface area contributed by atoms with Crippen molar-refractivity contribution in [2.24, 2.45) is 16.2 Å². The third kappa shape index (κ3) is 6.57. The third-order valence-electron chi connectivity index (χ3n) is 6.83. The number of ether oxygens (including phenoxy) is 1. The van der Waals surface area contributed by atoms with Gasteiger partial charge < -0.3 is 9.64 Å². The molecule has 0 rings (SSSR count). The Labute approximate surface area is 191 Å². The van der Waals surface area contributed by atoms with Crippen molar-refractivity contribution in [1.82, 2.24) is 4.90 Å². The molecule has 2 radical (unpaired) electrons. The predicted molar refractivity (Wildman–Crippen MR) is 128 cm³/mol. The highest BCUT2D eigenvalue weighted by atomic mass is 16.6. The lowest BCUT2D eigenvalue weighted by Gasteiger charge is -2.36. The number of hydrogen-bond acceptors (Lipinski definition) is 4. The molecular formula is C25H42BNO4. The van der Waals surface area contributed by atoms with Gasteiger partial charge in [0.05, 0.1) is 13.3 Å². The van der Waals surface area contributed by atoms with Gasteiger partial charge in [0.1, 0.15) is 11.0 Å². The van der Waals surface area contributed by atoms with E-state index >= 15 is 0 Å². The number of carbonyl (C=O) groups excluding carboxylic acids is 3. The summed E-state index contributed by atoms with van der Waals surface area (Å²) in [6.45, 7) is 24.3. The first-order chi connectivity index (χ1) is 13.7. The average molecular weight is 431 g/mol.